The molecule has 2 N–H and O–H groups in total. The summed E-state index contributed by atoms with van der Waals surface area (Å²) in [7, 11) is 3.78. The van der Waals surface area contributed by atoms with Gasteiger partial charge in [-0.3, -0.25) is 9.89 Å². The van der Waals surface area contributed by atoms with Crippen molar-refractivity contribution in [2.45, 2.75) is 24.4 Å². The Morgan fingerprint density at radius 2 is 2.18 bits per heavy atom. The van der Waals surface area contributed by atoms with Gasteiger partial charge in [-0.25, -0.2) is 4.98 Å². The van der Waals surface area contributed by atoms with E-state index in [0.717, 1.165) is 11.0 Å². The Kier molecular flexibility index (Phi) is 3.94. The third-order valence-corrected chi connectivity index (χ3v) is 4.16. The summed E-state index contributed by atoms with van der Waals surface area (Å²) >= 11 is 1.48. The van der Waals surface area contributed by atoms with Gasteiger partial charge < -0.3 is 9.88 Å². The van der Waals surface area contributed by atoms with E-state index in [2.05, 4.69) is 30.6 Å². The van der Waals surface area contributed by atoms with Gasteiger partial charge in [-0.1, -0.05) is 11.8 Å². The Balaban J connectivity index is 1.80. The third-order valence-electron chi connectivity index (χ3n) is 3.10. The van der Waals surface area contributed by atoms with Crippen LogP contribution in [-0.4, -0.2) is 41.4 Å². The summed E-state index contributed by atoms with van der Waals surface area (Å²) in [6.07, 6.45) is 0. The molecule has 0 aliphatic rings. The number of nitrogens with zero attached hydrogens (tertiary/aromatic N) is 6. The first-order valence-electron chi connectivity index (χ1n) is 6.69. The van der Waals surface area contributed by atoms with E-state index in [1.165, 1.54) is 22.3 Å². The quantitative estimate of drug-likeness (QED) is 0.631. The Labute approximate surface area is 130 Å². The maximum atomic E-state index is 12.0. The van der Waals surface area contributed by atoms with Gasteiger partial charge in [0.2, 0.25) is 0 Å². The van der Waals surface area contributed by atoms with Crippen LogP contribution in [0.4, 0.5) is 0 Å². The lowest BCUT2D eigenvalue weighted by Crippen LogP contribution is -2.15. The number of aromatic amines is 1. The lowest BCUT2D eigenvalue weighted by molar-refractivity contribution is 0.682. The van der Waals surface area contributed by atoms with Crippen LogP contribution in [0.15, 0.2) is 16.0 Å². The zero-order chi connectivity index (χ0) is 15.7. The highest BCUT2D eigenvalue weighted by Gasteiger charge is 2.11. The molecule has 3 rings (SSSR count). The Bertz CT molecular complexity index is 864. The molecule has 0 saturated heterocycles. The van der Waals surface area contributed by atoms with Crippen molar-refractivity contribution in [1.82, 2.24) is 39.7 Å². The van der Waals surface area contributed by atoms with E-state index in [1.54, 1.807) is 6.92 Å². The minimum absolute atomic E-state index is 0.171. The van der Waals surface area contributed by atoms with Crippen LogP contribution in [0.1, 0.15) is 17.3 Å². The van der Waals surface area contributed by atoms with Gasteiger partial charge in [0.05, 0.1) is 12.2 Å². The number of aryl methyl sites for hydroxylation is 1. The molecule has 3 aromatic rings. The summed E-state index contributed by atoms with van der Waals surface area (Å²) in [6, 6.07) is 1.50. The molecular formula is C12H16N8OS. The number of thioether (sulfide) groups is 1. The molecule has 0 unspecified atom stereocenters. The van der Waals surface area contributed by atoms with Crippen LogP contribution in [0.2, 0.25) is 0 Å². The molecule has 0 fully saturated rings. The SMILES string of the molecule is CNCc1nnc(SCc2cc(=O)n3[nH]c(C)nc3n2)n1C. The molecule has 0 aliphatic carbocycles. The van der Waals surface area contributed by atoms with E-state index < -0.39 is 0 Å². The highest BCUT2D eigenvalue weighted by molar-refractivity contribution is 7.98. The number of hydrogen-bond donors (Lipinski definition) is 2. The number of H-pyrrole nitrogens is 1. The number of fused-ring (bicyclic) bond motifs is 1. The number of rotatable bonds is 5. The summed E-state index contributed by atoms with van der Waals surface area (Å²) in [5.41, 5.74) is 0.495. The summed E-state index contributed by atoms with van der Waals surface area (Å²) in [5.74, 6) is 2.42. The molecule has 0 spiro atoms. The van der Waals surface area contributed by atoms with Crippen LogP contribution in [-0.2, 0) is 19.3 Å². The van der Waals surface area contributed by atoms with Gasteiger partial charge in [0.1, 0.15) is 11.6 Å². The van der Waals surface area contributed by atoms with Crippen LogP contribution >= 0.6 is 11.8 Å². The first kappa shape index (κ1) is 14.7. The Morgan fingerprint density at radius 1 is 1.36 bits per heavy atom. The van der Waals surface area contributed by atoms with E-state index in [1.807, 2.05) is 18.7 Å². The largest absolute Gasteiger partial charge is 0.313 e. The van der Waals surface area contributed by atoms with Crippen molar-refractivity contribution in [1.29, 1.82) is 0 Å². The second kappa shape index (κ2) is 5.89. The predicted octanol–water partition coefficient (Wildman–Crippen LogP) is -0.134. The molecule has 3 heterocycles. The molecule has 3 aromatic heterocycles. The summed E-state index contributed by atoms with van der Waals surface area (Å²) < 4.78 is 3.25. The normalized spacial score (nSPS) is 11.4. The van der Waals surface area contributed by atoms with Crippen LogP contribution in [0.25, 0.3) is 5.78 Å². The maximum absolute atomic E-state index is 12.0. The average Bonchev–Trinajstić information content (AvgIpc) is 3.01. The molecule has 0 amide bonds. The molecule has 0 saturated carbocycles. The fourth-order valence-corrected chi connectivity index (χ4v) is 2.85. The number of hydrogen-bond acceptors (Lipinski definition) is 7. The van der Waals surface area contributed by atoms with Crippen LogP contribution in [0.5, 0.6) is 0 Å². The monoisotopic (exact) mass is 320 g/mol. The Hall–Kier alpha value is -2.20. The van der Waals surface area contributed by atoms with Gasteiger partial charge in [0, 0.05) is 18.9 Å². The van der Waals surface area contributed by atoms with Crippen molar-refractivity contribution in [3.8, 4) is 0 Å². The fourth-order valence-electron chi connectivity index (χ4n) is 2.03. The molecule has 0 aromatic carbocycles. The van der Waals surface area contributed by atoms with Crippen molar-refractivity contribution < 1.29 is 0 Å². The topological polar surface area (TPSA) is 106 Å². The van der Waals surface area contributed by atoms with Gasteiger partial charge >= 0.3 is 0 Å². The van der Waals surface area contributed by atoms with Gasteiger partial charge in [-0.05, 0) is 14.0 Å². The van der Waals surface area contributed by atoms with Crippen molar-refractivity contribution >= 4 is 17.5 Å². The summed E-state index contributed by atoms with van der Waals surface area (Å²) in [4.78, 5) is 20.5. The zero-order valence-corrected chi connectivity index (χ0v) is 13.3. The second-order valence-electron chi connectivity index (χ2n) is 4.81. The molecule has 0 aliphatic heterocycles. The van der Waals surface area contributed by atoms with E-state index in [0.29, 0.717) is 29.6 Å². The Morgan fingerprint density at radius 3 is 2.95 bits per heavy atom. The van der Waals surface area contributed by atoms with E-state index >= 15 is 0 Å². The minimum atomic E-state index is -0.171. The smallest absolute Gasteiger partial charge is 0.274 e. The molecule has 22 heavy (non-hydrogen) atoms. The standard InChI is InChI=1S/C12H16N8OS/c1-7-14-11-15-8(4-10(21)20(11)18-7)6-22-12-17-16-9(5-13-2)19(12)3/h4,13H,5-6H2,1-3H3,(H,14,15,18). The molecular weight excluding hydrogens is 304 g/mol. The van der Waals surface area contributed by atoms with Gasteiger partial charge in [0.25, 0.3) is 11.3 Å². The van der Waals surface area contributed by atoms with Gasteiger partial charge in [0.15, 0.2) is 5.16 Å². The predicted molar refractivity (Wildman–Crippen MR) is 81.7 cm³/mol. The number of nitrogens with one attached hydrogen (secondary N) is 2. The van der Waals surface area contributed by atoms with E-state index in [4.69, 9.17) is 0 Å². The highest BCUT2D eigenvalue weighted by atomic mass is 32.2. The van der Waals surface area contributed by atoms with Crippen molar-refractivity contribution in [2.75, 3.05) is 7.05 Å². The average molecular weight is 320 g/mol. The second-order valence-corrected chi connectivity index (χ2v) is 5.75. The third kappa shape index (κ3) is 2.74. The molecule has 9 nitrogen and oxygen atoms in total. The molecule has 10 heteroatoms. The number of aromatic nitrogens is 7. The van der Waals surface area contributed by atoms with Gasteiger partial charge in [-0.15, -0.1) is 10.2 Å². The lowest BCUT2D eigenvalue weighted by atomic mass is 10.4. The van der Waals surface area contributed by atoms with Crippen molar-refractivity contribution in [3.05, 3.63) is 33.8 Å². The molecule has 116 valence electrons. The summed E-state index contributed by atoms with van der Waals surface area (Å²) in [6.45, 7) is 2.44. The van der Waals surface area contributed by atoms with Crippen molar-refractivity contribution in [2.24, 2.45) is 7.05 Å². The van der Waals surface area contributed by atoms with Crippen molar-refractivity contribution in [3.63, 3.8) is 0 Å². The molecule has 0 radical (unpaired) electrons. The zero-order valence-electron chi connectivity index (χ0n) is 12.5. The summed E-state index contributed by atoms with van der Waals surface area (Å²) in [5, 5.41) is 14.9. The van der Waals surface area contributed by atoms with Crippen LogP contribution in [0.3, 0.4) is 0 Å². The fraction of sp³-hybridized carbons (Fsp3) is 0.417. The lowest BCUT2D eigenvalue weighted by Gasteiger charge is -2.03. The molecule has 0 atom stereocenters. The minimum Gasteiger partial charge on any atom is -0.313 e. The van der Waals surface area contributed by atoms with Gasteiger partial charge in [-0.2, -0.15) is 9.50 Å². The van der Waals surface area contributed by atoms with Crippen LogP contribution < -0.4 is 10.9 Å². The van der Waals surface area contributed by atoms with E-state index in [9.17, 15) is 4.79 Å². The van der Waals surface area contributed by atoms with E-state index in [-0.39, 0.29) is 5.56 Å². The maximum Gasteiger partial charge on any atom is 0.274 e. The first-order valence-corrected chi connectivity index (χ1v) is 7.68. The molecule has 0 bridgehead atoms. The first-order chi connectivity index (χ1) is 10.6. The van der Waals surface area contributed by atoms with Crippen LogP contribution in [0, 0.1) is 6.92 Å². The highest BCUT2D eigenvalue weighted by Crippen LogP contribution is 2.19.